The number of aliphatic hydroxyl groups is 2. The Bertz CT molecular complexity index is 1080. The highest BCUT2D eigenvalue weighted by Crippen LogP contribution is 2.37. The standard InChI is InChI=1S/C17H14FN3.C7H12F3NO.CH4O/c1-11-4-2-3-5-13(11)12-6-7-14(15(18)8-12)16-9-21-17(19)10-20-16;1-11-4-2-6(12,3-5-11)7(8,9)10;1-2/h2-10H,1H3,(H2,19,21);12H,2-5H2,1H3;2H,1H3. The van der Waals surface area contributed by atoms with Crippen molar-refractivity contribution in [3.63, 3.8) is 0 Å². The maximum absolute atomic E-state index is 14.4. The molecule has 0 spiro atoms. The molecule has 0 saturated carbocycles. The summed E-state index contributed by atoms with van der Waals surface area (Å²) in [7, 11) is 2.75. The van der Waals surface area contributed by atoms with Crippen molar-refractivity contribution < 1.29 is 27.8 Å². The molecule has 6 nitrogen and oxygen atoms in total. The quantitative estimate of drug-likeness (QED) is 0.456. The first-order valence-electron chi connectivity index (χ1n) is 10.9. The first-order chi connectivity index (χ1) is 16.5. The number of benzene rings is 2. The van der Waals surface area contributed by atoms with Crippen LogP contribution >= 0.6 is 0 Å². The van der Waals surface area contributed by atoms with E-state index < -0.39 is 11.8 Å². The largest absolute Gasteiger partial charge is 0.417 e. The first-order valence-corrected chi connectivity index (χ1v) is 10.9. The average Bonchev–Trinajstić information content (AvgIpc) is 2.83. The summed E-state index contributed by atoms with van der Waals surface area (Å²) in [5, 5.41) is 16.2. The highest BCUT2D eigenvalue weighted by atomic mass is 19.4. The third-order valence-electron chi connectivity index (χ3n) is 5.71. The predicted molar refractivity (Wildman–Crippen MR) is 128 cm³/mol. The number of aromatic nitrogens is 2. The van der Waals surface area contributed by atoms with Gasteiger partial charge in [0.05, 0.1) is 18.1 Å². The van der Waals surface area contributed by atoms with E-state index in [1.165, 1.54) is 18.5 Å². The zero-order valence-corrected chi connectivity index (χ0v) is 19.8. The Kier molecular flexibility index (Phi) is 9.70. The van der Waals surface area contributed by atoms with Gasteiger partial charge in [0.25, 0.3) is 0 Å². The van der Waals surface area contributed by atoms with Gasteiger partial charge in [-0.1, -0.05) is 30.3 Å². The van der Waals surface area contributed by atoms with Crippen LogP contribution in [0.2, 0.25) is 0 Å². The van der Waals surface area contributed by atoms with E-state index in [1.807, 2.05) is 37.3 Å². The number of hydrogen-bond donors (Lipinski definition) is 3. The van der Waals surface area contributed by atoms with Crippen molar-refractivity contribution in [2.45, 2.75) is 31.5 Å². The SMILES string of the molecule is CN1CCC(O)(C(F)(F)F)CC1.CO.Cc1ccccc1-c1ccc(-c2cnc(N)cn2)c(F)c1. The normalized spacial score (nSPS) is 15.3. The van der Waals surface area contributed by atoms with Crippen molar-refractivity contribution in [3.8, 4) is 22.4 Å². The fraction of sp³-hybridized carbons (Fsp3) is 0.360. The number of anilines is 1. The van der Waals surface area contributed by atoms with E-state index in [0.29, 0.717) is 30.2 Å². The summed E-state index contributed by atoms with van der Waals surface area (Å²) in [6, 6.07) is 13.0. The molecule has 3 aromatic rings. The highest BCUT2D eigenvalue weighted by Gasteiger charge is 2.54. The van der Waals surface area contributed by atoms with E-state index >= 15 is 0 Å². The fourth-order valence-electron chi connectivity index (χ4n) is 3.54. The number of aliphatic hydroxyl groups excluding tert-OH is 1. The Morgan fingerprint density at radius 3 is 2.11 bits per heavy atom. The first kappa shape index (κ1) is 28.2. The molecule has 1 saturated heterocycles. The van der Waals surface area contributed by atoms with Gasteiger partial charge in [-0.2, -0.15) is 13.2 Å². The topological polar surface area (TPSA) is 95.5 Å². The molecule has 35 heavy (non-hydrogen) atoms. The zero-order chi connectivity index (χ0) is 26.2. The van der Waals surface area contributed by atoms with Crippen LogP contribution in [0.1, 0.15) is 18.4 Å². The average molecular weight is 495 g/mol. The number of nitrogens with two attached hydrogens (primary N) is 1. The second kappa shape index (κ2) is 12.1. The van der Waals surface area contributed by atoms with E-state index in [1.54, 1.807) is 18.0 Å². The van der Waals surface area contributed by atoms with Gasteiger partial charge in [0, 0.05) is 25.8 Å². The molecule has 0 radical (unpaired) electrons. The molecule has 0 amide bonds. The predicted octanol–water partition coefficient (Wildman–Crippen LogP) is 4.45. The molecule has 4 N–H and O–H groups in total. The van der Waals surface area contributed by atoms with Crippen molar-refractivity contribution >= 4 is 5.82 Å². The lowest BCUT2D eigenvalue weighted by Crippen LogP contribution is -2.52. The number of aryl methyl sites for hydroxylation is 1. The summed E-state index contributed by atoms with van der Waals surface area (Å²) in [6.45, 7) is 2.61. The van der Waals surface area contributed by atoms with Gasteiger partial charge in [-0.05, 0) is 55.6 Å². The van der Waals surface area contributed by atoms with Gasteiger partial charge in [0.2, 0.25) is 0 Å². The van der Waals surface area contributed by atoms with Gasteiger partial charge < -0.3 is 20.8 Å². The van der Waals surface area contributed by atoms with Crippen molar-refractivity contribution in [2.75, 3.05) is 33.0 Å². The third kappa shape index (κ3) is 7.20. The fourth-order valence-corrected chi connectivity index (χ4v) is 3.54. The van der Waals surface area contributed by atoms with Crippen molar-refractivity contribution in [3.05, 3.63) is 66.2 Å². The molecule has 0 aliphatic carbocycles. The summed E-state index contributed by atoms with van der Waals surface area (Å²) in [5.41, 5.74) is 6.91. The molecule has 2 aromatic carbocycles. The van der Waals surface area contributed by atoms with Crippen molar-refractivity contribution in [2.24, 2.45) is 0 Å². The Hall–Kier alpha value is -3.08. The Morgan fingerprint density at radius 2 is 1.60 bits per heavy atom. The van der Waals surface area contributed by atoms with Crippen LogP contribution in [0.4, 0.5) is 23.4 Å². The van der Waals surface area contributed by atoms with Crippen LogP contribution < -0.4 is 5.73 Å². The number of piperidine rings is 1. The molecule has 0 atom stereocenters. The zero-order valence-electron chi connectivity index (χ0n) is 19.8. The Morgan fingerprint density at radius 1 is 0.971 bits per heavy atom. The number of alkyl halides is 3. The van der Waals surface area contributed by atoms with Crippen molar-refractivity contribution in [1.82, 2.24) is 14.9 Å². The molecule has 1 aromatic heterocycles. The Balaban J connectivity index is 0.000000263. The van der Waals surface area contributed by atoms with Crippen LogP contribution in [0.5, 0.6) is 0 Å². The maximum atomic E-state index is 14.4. The second-order valence-electron chi connectivity index (χ2n) is 8.17. The monoisotopic (exact) mass is 494 g/mol. The number of nitrogen functional groups attached to an aromatic ring is 1. The molecule has 4 rings (SSSR count). The minimum absolute atomic E-state index is 0.215. The van der Waals surface area contributed by atoms with E-state index in [-0.39, 0.29) is 18.7 Å². The van der Waals surface area contributed by atoms with Gasteiger partial charge >= 0.3 is 6.18 Å². The summed E-state index contributed by atoms with van der Waals surface area (Å²) in [4.78, 5) is 9.82. The summed E-state index contributed by atoms with van der Waals surface area (Å²) in [6.07, 6.45) is -2.01. The van der Waals surface area contributed by atoms with Crippen LogP contribution in [-0.4, -0.2) is 64.1 Å². The molecule has 0 bridgehead atoms. The van der Waals surface area contributed by atoms with E-state index in [4.69, 9.17) is 10.8 Å². The van der Waals surface area contributed by atoms with Gasteiger partial charge in [0.1, 0.15) is 11.6 Å². The van der Waals surface area contributed by atoms with Crippen LogP contribution in [0.25, 0.3) is 22.4 Å². The van der Waals surface area contributed by atoms with Crippen LogP contribution in [-0.2, 0) is 0 Å². The number of halogens is 4. The van der Waals surface area contributed by atoms with E-state index in [0.717, 1.165) is 23.8 Å². The molecule has 1 fully saturated rings. The summed E-state index contributed by atoms with van der Waals surface area (Å²) in [5.74, 6) is -0.00878. The van der Waals surface area contributed by atoms with E-state index in [9.17, 15) is 22.7 Å². The van der Waals surface area contributed by atoms with Crippen LogP contribution in [0, 0.1) is 12.7 Å². The number of nitrogens with zero attached hydrogens (tertiary/aromatic N) is 3. The minimum Gasteiger partial charge on any atom is -0.400 e. The lowest BCUT2D eigenvalue weighted by molar-refractivity contribution is -0.272. The number of hydrogen-bond acceptors (Lipinski definition) is 6. The number of rotatable bonds is 2. The second-order valence-corrected chi connectivity index (χ2v) is 8.17. The minimum atomic E-state index is -4.48. The molecule has 1 aliphatic rings. The molecule has 1 aliphatic heterocycles. The summed E-state index contributed by atoms with van der Waals surface area (Å²) < 4.78 is 50.9. The van der Waals surface area contributed by atoms with Gasteiger partial charge in [-0.25, -0.2) is 9.37 Å². The summed E-state index contributed by atoms with van der Waals surface area (Å²) >= 11 is 0. The van der Waals surface area contributed by atoms with Crippen LogP contribution in [0.15, 0.2) is 54.9 Å². The molecule has 2 heterocycles. The van der Waals surface area contributed by atoms with Crippen molar-refractivity contribution in [1.29, 1.82) is 0 Å². The lowest BCUT2D eigenvalue weighted by Gasteiger charge is -2.37. The molecular formula is C25H30F4N4O2. The number of likely N-dealkylation sites (tertiary alicyclic amines) is 1. The van der Waals surface area contributed by atoms with Gasteiger partial charge in [0.15, 0.2) is 5.60 Å². The van der Waals surface area contributed by atoms with E-state index in [2.05, 4.69) is 9.97 Å². The molecular weight excluding hydrogens is 464 g/mol. The lowest BCUT2D eigenvalue weighted by atomic mass is 9.91. The molecule has 10 heteroatoms. The third-order valence-corrected chi connectivity index (χ3v) is 5.71. The van der Waals surface area contributed by atoms with Gasteiger partial charge in [-0.15, -0.1) is 0 Å². The molecule has 190 valence electrons. The highest BCUT2D eigenvalue weighted by molar-refractivity contribution is 5.71. The molecule has 0 unspecified atom stereocenters. The van der Waals surface area contributed by atoms with Crippen LogP contribution in [0.3, 0.4) is 0 Å². The maximum Gasteiger partial charge on any atom is 0.417 e. The smallest absolute Gasteiger partial charge is 0.400 e. The Labute approximate surface area is 202 Å². The van der Waals surface area contributed by atoms with Gasteiger partial charge in [-0.3, -0.25) is 4.98 Å².